The van der Waals surface area contributed by atoms with E-state index in [1.807, 2.05) is 20.0 Å². The molecule has 0 heterocycles. The Kier molecular flexibility index (Phi) is 8.75. The second-order valence-electron chi connectivity index (χ2n) is 6.21. The summed E-state index contributed by atoms with van der Waals surface area (Å²) in [4.78, 5) is 12.1. The van der Waals surface area contributed by atoms with Gasteiger partial charge in [0.15, 0.2) is 0 Å². The summed E-state index contributed by atoms with van der Waals surface area (Å²) in [5, 5.41) is 5.74. The second kappa shape index (κ2) is 10.3. The highest BCUT2D eigenvalue weighted by Crippen LogP contribution is 2.23. The van der Waals surface area contributed by atoms with Crippen molar-refractivity contribution in [3.05, 3.63) is 53.6 Å². The third-order valence-corrected chi connectivity index (χ3v) is 5.39. The van der Waals surface area contributed by atoms with Gasteiger partial charge in [-0.15, -0.1) is 12.4 Å². The molecule has 2 rings (SSSR count). The van der Waals surface area contributed by atoms with Crippen LogP contribution in [0, 0.1) is 13.8 Å². The molecule has 0 aliphatic heterocycles. The number of hydrogen-bond acceptors (Lipinski definition) is 4. The van der Waals surface area contributed by atoms with Crippen LogP contribution in [0.15, 0.2) is 47.4 Å². The molecule has 0 atom stereocenters. The normalized spacial score (nSPS) is 10.8. The number of hydrogen-bond donors (Lipinski definition) is 3. The van der Waals surface area contributed by atoms with Gasteiger partial charge in [0.2, 0.25) is 5.91 Å². The van der Waals surface area contributed by atoms with Crippen molar-refractivity contribution >= 4 is 39.7 Å². The van der Waals surface area contributed by atoms with Crippen LogP contribution in [0.1, 0.15) is 24.0 Å². The number of sulfonamides is 1. The average molecular weight is 412 g/mol. The molecule has 2 aromatic carbocycles. The van der Waals surface area contributed by atoms with E-state index in [9.17, 15) is 13.2 Å². The van der Waals surface area contributed by atoms with Crippen molar-refractivity contribution < 1.29 is 13.2 Å². The van der Waals surface area contributed by atoms with Crippen LogP contribution >= 0.6 is 12.4 Å². The van der Waals surface area contributed by atoms with Crippen LogP contribution in [0.5, 0.6) is 0 Å². The molecule has 0 saturated carbocycles. The molecule has 27 heavy (non-hydrogen) atoms. The zero-order chi connectivity index (χ0) is 19.2. The summed E-state index contributed by atoms with van der Waals surface area (Å²) >= 11 is 0. The molecule has 0 saturated heterocycles. The first-order valence-electron chi connectivity index (χ1n) is 8.46. The monoisotopic (exact) mass is 411 g/mol. The van der Waals surface area contributed by atoms with E-state index in [1.165, 1.54) is 6.07 Å². The number of anilines is 2. The topological polar surface area (TPSA) is 87.3 Å². The molecule has 0 bridgehead atoms. The molecule has 3 N–H and O–H groups in total. The van der Waals surface area contributed by atoms with Crippen molar-refractivity contribution in [2.75, 3.05) is 23.6 Å². The Labute approximate surface area is 167 Å². The molecule has 8 heteroatoms. The van der Waals surface area contributed by atoms with Crippen LogP contribution in [0.2, 0.25) is 0 Å². The summed E-state index contributed by atoms with van der Waals surface area (Å²) in [6.07, 6.45) is 1.09. The summed E-state index contributed by atoms with van der Waals surface area (Å²) in [5.74, 6) is -0.140. The fourth-order valence-electron chi connectivity index (χ4n) is 2.54. The van der Waals surface area contributed by atoms with Crippen molar-refractivity contribution in [3.63, 3.8) is 0 Å². The predicted molar refractivity (Wildman–Crippen MR) is 112 cm³/mol. The molecule has 0 aromatic heterocycles. The van der Waals surface area contributed by atoms with Crippen LogP contribution in [-0.2, 0) is 14.8 Å². The van der Waals surface area contributed by atoms with E-state index in [0.29, 0.717) is 29.8 Å². The number of rotatable bonds is 8. The standard InChI is InChI=1S/C19H25N3O3S.ClH/c1-14-6-4-7-17(12-14)22-26(24,25)18-13-16(10-9-15(18)2)21-19(23)8-5-11-20-3;/h4,6-7,9-10,12-13,20,22H,5,8,11H2,1-3H3,(H,21,23);1H. The lowest BCUT2D eigenvalue weighted by atomic mass is 10.2. The molecular formula is C19H26ClN3O3S. The van der Waals surface area contributed by atoms with Gasteiger partial charge in [-0.05, 0) is 69.3 Å². The Bertz CT molecular complexity index is 886. The van der Waals surface area contributed by atoms with Crippen LogP contribution in [-0.4, -0.2) is 27.9 Å². The first-order valence-corrected chi connectivity index (χ1v) is 9.95. The van der Waals surface area contributed by atoms with Gasteiger partial charge in [-0.25, -0.2) is 8.42 Å². The van der Waals surface area contributed by atoms with Crippen molar-refractivity contribution in [1.29, 1.82) is 0 Å². The maximum atomic E-state index is 12.8. The zero-order valence-corrected chi connectivity index (χ0v) is 17.3. The smallest absolute Gasteiger partial charge is 0.262 e. The Morgan fingerprint density at radius 2 is 1.78 bits per heavy atom. The number of aryl methyl sites for hydroxylation is 2. The maximum Gasteiger partial charge on any atom is 0.262 e. The summed E-state index contributed by atoms with van der Waals surface area (Å²) in [5.41, 5.74) is 2.54. The predicted octanol–water partition coefficient (Wildman–Crippen LogP) is 3.46. The minimum atomic E-state index is -3.75. The Morgan fingerprint density at radius 1 is 1.04 bits per heavy atom. The van der Waals surface area contributed by atoms with E-state index >= 15 is 0 Å². The van der Waals surface area contributed by atoms with E-state index in [-0.39, 0.29) is 23.2 Å². The van der Waals surface area contributed by atoms with Crippen LogP contribution < -0.4 is 15.4 Å². The number of carbonyl (C=O) groups is 1. The van der Waals surface area contributed by atoms with Crippen LogP contribution in [0.3, 0.4) is 0 Å². The molecule has 2 aromatic rings. The lowest BCUT2D eigenvalue weighted by Gasteiger charge is -2.13. The lowest BCUT2D eigenvalue weighted by Crippen LogP contribution is -2.17. The fourth-order valence-corrected chi connectivity index (χ4v) is 3.86. The molecule has 1 amide bonds. The van der Waals surface area contributed by atoms with Crippen LogP contribution in [0.25, 0.3) is 0 Å². The van der Waals surface area contributed by atoms with E-state index in [2.05, 4.69) is 15.4 Å². The molecule has 0 aliphatic rings. The number of nitrogens with one attached hydrogen (secondary N) is 3. The van der Waals surface area contributed by atoms with E-state index in [4.69, 9.17) is 0 Å². The Morgan fingerprint density at radius 3 is 2.44 bits per heavy atom. The summed E-state index contributed by atoms with van der Waals surface area (Å²) in [7, 11) is -1.92. The Balaban J connectivity index is 0.00000364. The third kappa shape index (κ3) is 6.86. The quantitative estimate of drug-likeness (QED) is 0.580. The van der Waals surface area contributed by atoms with E-state index in [0.717, 1.165) is 12.1 Å². The van der Waals surface area contributed by atoms with Crippen molar-refractivity contribution in [2.45, 2.75) is 31.6 Å². The van der Waals surface area contributed by atoms with E-state index < -0.39 is 10.0 Å². The fraction of sp³-hybridized carbons (Fsp3) is 0.316. The largest absolute Gasteiger partial charge is 0.326 e. The van der Waals surface area contributed by atoms with Crippen molar-refractivity contribution in [1.82, 2.24) is 5.32 Å². The van der Waals surface area contributed by atoms with Gasteiger partial charge in [0, 0.05) is 17.8 Å². The number of benzene rings is 2. The molecule has 0 fully saturated rings. The minimum absolute atomic E-state index is 0. The zero-order valence-electron chi connectivity index (χ0n) is 15.7. The third-order valence-electron chi connectivity index (χ3n) is 3.86. The molecule has 148 valence electrons. The first kappa shape index (κ1) is 23.0. The number of amides is 1. The van der Waals surface area contributed by atoms with Gasteiger partial charge in [0.25, 0.3) is 10.0 Å². The summed E-state index contributed by atoms with van der Waals surface area (Å²) < 4.78 is 28.1. The highest BCUT2D eigenvalue weighted by atomic mass is 35.5. The maximum absolute atomic E-state index is 12.8. The highest BCUT2D eigenvalue weighted by Gasteiger charge is 2.18. The molecule has 6 nitrogen and oxygen atoms in total. The summed E-state index contributed by atoms with van der Waals surface area (Å²) in [6.45, 7) is 4.37. The van der Waals surface area contributed by atoms with Crippen LogP contribution in [0.4, 0.5) is 11.4 Å². The van der Waals surface area contributed by atoms with Crippen molar-refractivity contribution in [3.8, 4) is 0 Å². The number of carbonyl (C=O) groups excluding carboxylic acids is 1. The first-order chi connectivity index (χ1) is 12.3. The summed E-state index contributed by atoms with van der Waals surface area (Å²) in [6, 6.07) is 12.0. The van der Waals surface area contributed by atoms with Gasteiger partial charge in [0.05, 0.1) is 4.90 Å². The SMILES string of the molecule is CNCCCC(=O)Nc1ccc(C)c(S(=O)(=O)Nc2cccc(C)c2)c1.Cl. The van der Waals surface area contributed by atoms with Gasteiger partial charge in [-0.2, -0.15) is 0 Å². The molecular weight excluding hydrogens is 386 g/mol. The minimum Gasteiger partial charge on any atom is -0.326 e. The Hall–Kier alpha value is -2.09. The van der Waals surface area contributed by atoms with Gasteiger partial charge in [-0.1, -0.05) is 18.2 Å². The highest BCUT2D eigenvalue weighted by molar-refractivity contribution is 7.92. The molecule has 0 radical (unpaired) electrons. The van der Waals surface area contributed by atoms with E-state index in [1.54, 1.807) is 37.3 Å². The van der Waals surface area contributed by atoms with Gasteiger partial charge >= 0.3 is 0 Å². The van der Waals surface area contributed by atoms with Crippen molar-refractivity contribution in [2.24, 2.45) is 0 Å². The van der Waals surface area contributed by atoms with Gasteiger partial charge in [0.1, 0.15) is 0 Å². The number of halogens is 1. The molecule has 0 unspecified atom stereocenters. The van der Waals surface area contributed by atoms with Gasteiger partial charge < -0.3 is 10.6 Å². The molecule has 0 spiro atoms. The second-order valence-corrected chi connectivity index (χ2v) is 7.86. The van der Waals surface area contributed by atoms with Gasteiger partial charge in [-0.3, -0.25) is 9.52 Å². The average Bonchev–Trinajstić information content (AvgIpc) is 2.56. The molecule has 0 aliphatic carbocycles. The lowest BCUT2D eigenvalue weighted by molar-refractivity contribution is -0.116.